The molecule has 0 aliphatic rings. The number of fused-ring (bicyclic) bond motifs is 1. The van der Waals surface area contributed by atoms with Crippen molar-refractivity contribution in [2.75, 3.05) is 20.1 Å². The Hall–Kier alpha value is -3.34. The molecular weight excluding hydrogens is 360 g/mol. The Kier molecular flexibility index (Phi) is 7.22. The molecule has 3 rings (SSSR count). The zero-order valence-electron chi connectivity index (χ0n) is 17.0. The van der Waals surface area contributed by atoms with Crippen molar-refractivity contribution in [2.45, 2.75) is 19.9 Å². The first-order valence-corrected chi connectivity index (χ1v) is 10.0. The number of amides is 1. The molecule has 5 heteroatoms. The Morgan fingerprint density at radius 3 is 2.52 bits per heavy atom. The molecule has 5 nitrogen and oxygen atoms in total. The van der Waals surface area contributed by atoms with Gasteiger partial charge in [0.25, 0.3) is 5.91 Å². The third-order valence-corrected chi connectivity index (χ3v) is 4.70. The van der Waals surface area contributed by atoms with Crippen LogP contribution in [0.25, 0.3) is 10.8 Å². The first-order valence-electron chi connectivity index (χ1n) is 10.0. The van der Waals surface area contributed by atoms with Crippen LogP contribution in [0.4, 0.5) is 0 Å². The Labute approximate surface area is 172 Å². The standard InChI is InChI=1S/C24H28N4O/c1-3-26-24(27-14-13-18-7-6-10-22(15-18)23(29)25-2)28-17-19-11-12-20-8-4-5-9-21(20)16-19/h4-12,15-16H,3,13-14,17H2,1-2H3,(H,25,29)(H2,26,27,28). The number of benzene rings is 3. The predicted octanol–water partition coefficient (Wildman–Crippen LogP) is 3.50. The second-order valence-electron chi connectivity index (χ2n) is 6.83. The summed E-state index contributed by atoms with van der Waals surface area (Å²) in [5.41, 5.74) is 2.98. The van der Waals surface area contributed by atoms with Gasteiger partial charge in [0.2, 0.25) is 0 Å². The second-order valence-corrected chi connectivity index (χ2v) is 6.83. The zero-order chi connectivity index (χ0) is 20.5. The van der Waals surface area contributed by atoms with Crippen molar-refractivity contribution in [2.24, 2.45) is 4.99 Å². The lowest BCUT2D eigenvalue weighted by Crippen LogP contribution is -2.38. The summed E-state index contributed by atoms with van der Waals surface area (Å²) in [6.07, 6.45) is 0.811. The predicted molar refractivity (Wildman–Crippen MR) is 120 cm³/mol. The van der Waals surface area contributed by atoms with E-state index in [9.17, 15) is 4.79 Å². The van der Waals surface area contributed by atoms with E-state index in [0.29, 0.717) is 12.1 Å². The van der Waals surface area contributed by atoms with E-state index in [1.165, 1.54) is 16.3 Å². The molecule has 3 aromatic carbocycles. The summed E-state index contributed by atoms with van der Waals surface area (Å²) in [6, 6.07) is 22.5. The lowest BCUT2D eigenvalue weighted by molar-refractivity contribution is 0.0963. The van der Waals surface area contributed by atoms with Gasteiger partial charge >= 0.3 is 0 Å². The molecule has 0 saturated heterocycles. The van der Waals surface area contributed by atoms with Gasteiger partial charge in [-0.25, -0.2) is 4.99 Å². The van der Waals surface area contributed by atoms with Crippen LogP contribution >= 0.6 is 0 Å². The van der Waals surface area contributed by atoms with Crippen molar-refractivity contribution >= 4 is 22.6 Å². The van der Waals surface area contributed by atoms with Crippen LogP contribution in [0.1, 0.15) is 28.4 Å². The normalized spacial score (nSPS) is 11.3. The van der Waals surface area contributed by atoms with E-state index in [2.05, 4.69) is 65.3 Å². The van der Waals surface area contributed by atoms with E-state index >= 15 is 0 Å². The fraction of sp³-hybridized carbons (Fsp3) is 0.250. The van der Waals surface area contributed by atoms with E-state index in [0.717, 1.165) is 31.0 Å². The number of rotatable bonds is 7. The highest BCUT2D eigenvalue weighted by molar-refractivity contribution is 5.94. The molecule has 0 heterocycles. The third kappa shape index (κ3) is 5.82. The van der Waals surface area contributed by atoms with Crippen molar-refractivity contribution in [3.63, 3.8) is 0 Å². The van der Waals surface area contributed by atoms with Gasteiger partial charge in [0.1, 0.15) is 0 Å². The van der Waals surface area contributed by atoms with Crippen LogP contribution in [-0.4, -0.2) is 32.0 Å². The van der Waals surface area contributed by atoms with Crippen LogP contribution in [-0.2, 0) is 13.0 Å². The van der Waals surface area contributed by atoms with Gasteiger partial charge in [-0.15, -0.1) is 0 Å². The van der Waals surface area contributed by atoms with E-state index in [-0.39, 0.29) is 5.91 Å². The molecule has 0 unspecified atom stereocenters. The minimum atomic E-state index is -0.0647. The maximum absolute atomic E-state index is 11.8. The van der Waals surface area contributed by atoms with Gasteiger partial charge in [0, 0.05) is 25.7 Å². The summed E-state index contributed by atoms with van der Waals surface area (Å²) < 4.78 is 0. The Balaban J connectivity index is 1.59. The number of guanidine groups is 1. The molecule has 3 N–H and O–H groups in total. The van der Waals surface area contributed by atoms with Crippen molar-refractivity contribution in [1.82, 2.24) is 16.0 Å². The minimum Gasteiger partial charge on any atom is -0.357 e. The van der Waals surface area contributed by atoms with E-state index in [1.807, 2.05) is 24.3 Å². The van der Waals surface area contributed by atoms with Crippen molar-refractivity contribution in [3.8, 4) is 0 Å². The first-order chi connectivity index (χ1) is 14.2. The molecule has 0 radical (unpaired) electrons. The molecule has 0 saturated carbocycles. The van der Waals surface area contributed by atoms with Crippen LogP contribution < -0.4 is 16.0 Å². The molecule has 0 spiro atoms. The number of aliphatic imine (C=N–C) groups is 1. The van der Waals surface area contributed by atoms with Crippen molar-refractivity contribution in [1.29, 1.82) is 0 Å². The lowest BCUT2D eigenvalue weighted by Gasteiger charge is -2.12. The average Bonchev–Trinajstić information content (AvgIpc) is 2.77. The SMILES string of the molecule is CCNC(=NCc1ccc2ccccc2c1)NCCc1cccc(C(=O)NC)c1. The van der Waals surface area contributed by atoms with Gasteiger partial charge in [-0.3, -0.25) is 4.79 Å². The van der Waals surface area contributed by atoms with Crippen LogP contribution in [0, 0.1) is 0 Å². The van der Waals surface area contributed by atoms with Crippen LogP contribution in [0.5, 0.6) is 0 Å². The Morgan fingerprint density at radius 2 is 1.72 bits per heavy atom. The van der Waals surface area contributed by atoms with Gasteiger partial charge in [0.15, 0.2) is 5.96 Å². The van der Waals surface area contributed by atoms with E-state index in [1.54, 1.807) is 7.05 Å². The average molecular weight is 389 g/mol. The molecule has 29 heavy (non-hydrogen) atoms. The van der Waals surface area contributed by atoms with Crippen molar-refractivity contribution in [3.05, 3.63) is 83.4 Å². The van der Waals surface area contributed by atoms with Crippen LogP contribution in [0.15, 0.2) is 71.7 Å². The molecule has 1 amide bonds. The summed E-state index contributed by atoms with van der Waals surface area (Å²) in [6.45, 7) is 4.21. The number of carbonyl (C=O) groups excluding carboxylic acids is 1. The molecule has 0 bridgehead atoms. The third-order valence-electron chi connectivity index (χ3n) is 4.70. The molecular formula is C24H28N4O. The molecule has 0 aromatic heterocycles. The number of carbonyl (C=O) groups is 1. The molecule has 3 aromatic rings. The summed E-state index contributed by atoms with van der Waals surface area (Å²) in [4.78, 5) is 16.5. The van der Waals surface area contributed by atoms with Crippen molar-refractivity contribution < 1.29 is 4.79 Å². The number of hydrogen-bond donors (Lipinski definition) is 3. The van der Waals surface area contributed by atoms with Gasteiger partial charge in [0.05, 0.1) is 6.54 Å². The van der Waals surface area contributed by atoms with Crippen LogP contribution in [0.2, 0.25) is 0 Å². The smallest absolute Gasteiger partial charge is 0.251 e. The first kappa shape index (κ1) is 20.4. The molecule has 0 fully saturated rings. The number of nitrogens with one attached hydrogen (secondary N) is 3. The van der Waals surface area contributed by atoms with E-state index in [4.69, 9.17) is 4.99 Å². The molecule has 0 aliphatic heterocycles. The highest BCUT2D eigenvalue weighted by atomic mass is 16.1. The fourth-order valence-corrected chi connectivity index (χ4v) is 3.19. The van der Waals surface area contributed by atoms with Gasteiger partial charge < -0.3 is 16.0 Å². The monoisotopic (exact) mass is 388 g/mol. The highest BCUT2D eigenvalue weighted by Crippen LogP contribution is 2.16. The summed E-state index contributed by atoms with van der Waals surface area (Å²) in [7, 11) is 1.64. The Morgan fingerprint density at radius 1 is 0.897 bits per heavy atom. The summed E-state index contributed by atoms with van der Waals surface area (Å²) in [5, 5.41) is 11.8. The zero-order valence-corrected chi connectivity index (χ0v) is 17.0. The minimum absolute atomic E-state index is 0.0647. The van der Waals surface area contributed by atoms with Crippen LogP contribution in [0.3, 0.4) is 0 Å². The Bertz CT molecular complexity index is 997. The maximum atomic E-state index is 11.8. The fourth-order valence-electron chi connectivity index (χ4n) is 3.19. The highest BCUT2D eigenvalue weighted by Gasteiger charge is 2.04. The van der Waals surface area contributed by atoms with Gasteiger partial charge in [-0.05, 0) is 53.4 Å². The maximum Gasteiger partial charge on any atom is 0.251 e. The topological polar surface area (TPSA) is 65.5 Å². The molecule has 0 aliphatic carbocycles. The molecule has 150 valence electrons. The number of hydrogen-bond acceptors (Lipinski definition) is 2. The molecule has 0 atom stereocenters. The summed E-state index contributed by atoms with van der Waals surface area (Å²) in [5.74, 6) is 0.730. The van der Waals surface area contributed by atoms with E-state index < -0.39 is 0 Å². The van der Waals surface area contributed by atoms with Gasteiger partial charge in [-0.2, -0.15) is 0 Å². The lowest BCUT2D eigenvalue weighted by atomic mass is 10.1. The number of nitrogens with zero attached hydrogens (tertiary/aromatic N) is 1. The summed E-state index contributed by atoms with van der Waals surface area (Å²) >= 11 is 0. The van der Waals surface area contributed by atoms with Gasteiger partial charge in [-0.1, -0.05) is 48.5 Å². The second kappa shape index (κ2) is 10.3. The quantitative estimate of drug-likeness (QED) is 0.429. The largest absolute Gasteiger partial charge is 0.357 e.